The Morgan fingerprint density at radius 3 is 2.62 bits per heavy atom. The van der Waals surface area contributed by atoms with Crippen molar-refractivity contribution in [3.05, 3.63) is 59.9 Å². The highest BCUT2D eigenvalue weighted by molar-refractivity contribution is 7.91. The average Bonchev–Trinajstić information content (AvgIpc) is 3.28. The van der Waals surface area contributed by atoms with E-state index in [1.54, 1.807) is 36.4 Å². The number of nitrogens with one attached hydrogen (secondary N) is 1. The third-order valence-electron chi connectivity index (χ3n) is 8.39. The zero-order chi connectivity index (χ0) is 27.7. The lowest BCUT2D eigenvalue weighted by Crippen LogP contribution is -2.52. The van der Waals surface area contributed by atoms with E-state index in [1.165, 1.54) is 6.33 Å². The number of amides is 1. The van der Waals surface area contributed by atoms with Crippen LogP contribution in [0.3, 0.4) is 0 Å². The molecule has 2 aliphatic rings. The van der Waals surface area contributed by atoms with E-state index in [0.29, 0.717) is 34.7 Å². The Kier molecular flexibility index (Phi) is 8.12. The number of likely N-dealkylation sites (tertiary alicyclic amines) is 1. The quantitative estimate of drug-likeness (QED) is 0.422. The molecular weight excluding hydrogens is 534 g/mol. The second-order valence-corrected chi connectivity index (χ2v) is 13.5. The van der Waals surface area contributed by atoms with Gasteiger partial charge in [0.05, 0.1) is 16.2 Å². The first kappa shape index (κ1) is 27.8. The number of benzene rings is 2. The summed E-state index contributed by atoms with van der Waals surface area (Å²) in [5.41, 5.74) is 0.748. The zero-order valence-electron chi connectivity index (χ0n) is 22.6. The molecule has 1 aliphatic carbocycles. The first-order valence-electron chi connectivity index (χ1n) is 13.6. The molecule has 1 saturated carbocycles. The number of fused-ring (bicyclic) bond motifs is 1. The van der Waals surface area contributed by atoms with Crippen LogP contribution >= 0.6 is 11.6 Å². The summed E-state index contributed by atoms with van der Waals surface area (Å²) in [7, 11) is -1.39. The molecule has 5 rings (SSSR count). The minimum Gasteiger partial charge on any atom is -0.358 e. The third kappa shape index (κ3) is 5.90. The minimum absolute atomic E-state index is 0.00781. The van der Waals surface area contributed by atoms with Gasteiger partial charge in [0.15, 0.2) is 9.84 Å². The van der Waals surface area contributed by atoms with Gasteiger partial charge in [-0.05, 0) is 82.8 Å². The van der Waals surface area contributed by atoms with E-state index in [4.69, 9.17) is 11.6 Å². The molecule has 10 heteroatoms. The van der Waals surface area contributed by atoms with E-state index in [1.807, 2.05) is 17.0 Å². The van der Waals surface area contributed by atoms with Gasteiger partial charge >= 0.3 is 0 Å². The van der Waals surface area contributed by atoms with Gasteiger partial charge in [-0.25, -0.2) is 18.4 Å². The zero-order valence-corrected chi connectivity index (χ0v) is 24.2. The van der Waals surface area contributed by atoms with Crippen LogP contribution < -0.4 is 5.32 Å². The van der Waals surface area contributed by atoms with Crippen molar-refractivity contribution in [3.63, 3.8) is 0 Å². The Labute approximate surface area is 235 Å². The van der Waals surface area contributed by atoms with Gasteiger partial charge in [-0.15, -0.1) is 0 Å². The molecule has 1 N–H and O–H groups in total. The van der Waals surface area contributed by atoms with Crippen molar-refractivity contribution in [3.8, 4) is 0 Å². The number of carbonyl (C=O) groups excluding carboxylic acids is 1. The van der Waals surface area contributed by atoms with Crippen LogP contribution in [0.4, 0.5) is 5.82 Å². The fraction of sp³-hybridized carbons (Fsp3) is 0.483. The third-order valence-corrected chi connectivity index (χ3v) is 10.5. The van der Waals surface area contributed by atoms with Crippen molar-refractivity contribution < 1.29 is 13.2 Å². The Hall–Kier alpha value is -2.75. The van der Waals surface area contributed by atoms with Crippen LogP contribution in [0.25, 0.3) is 10.9 Å². The number of carbonyl (C=O) groups is 1. The minimum atomic E-state index is -3.50. The van der Waals surface area contributed by atoms with Gasteiger partial charge in [0.1, 0.15) is 18.2 Å². The number of hydrogen-bond acceptors (Lipinski definition) is 7. The number of nitrogens with zero attached hydrogens (tertiary/aromatic N) is 4. The van der Waals surface area contributed by atoms with Gasteiger partial charge in [0, 0.05) is 35.1 Å². The van der Waals surface area contributed by atoms with E-state index < -0.39 is 15.9 Å². The molecular formula is C29H36ClN5O3S. The SMILES string of the molecule is CC(C)N(C)[C@@H]1CC[C@H](N2CCC(Nc3ncnc4ccc(Cl)cc34)C2=O)[C@H](CS(=O)(=O)c2ccccc2)C1. The Balaban J connectivity index is 1.37. The van der Waals surface area contributed by atoms with Gasteiger partial charge in [0.2, 0.25) is 5.91 Å². The predicted molar refractivity (Wildman–Crippen MR) is 155 cm³/mol. The van der Waals surface area contributed by atoms with E-state index in [0.717, 1.165) is 30.2 Å². The Morgan fingerprint density at radius 1 is 1.10 bits per heavy atom. The molecule has 4 atom stereocenters. The molecule has 208 valence electrons. The molecule has 1 amide bonds. The highest BCUT2D eigenvalue weighted by Gasteiger charge is 2.44. The van der Waals surface area contributed by atoms with Crippen molar-refractivity contribution in [1.82, 2.24) is 19.8 Å². The molecule has 3 aromatic rings. The number of anilines is 1. The van der Waals surface area contributed by atoms with Crippen LogP contribution in [0.15, 0.2) is 59.8 Å². The fourth-order valence-electron chi connectivity index (χ4n) is 6.08. The van der Waals surface area contributed by atoms with Crippen LogP contribution in [-0.4, -0.2) is 77.6 Å². The average molecular weight is 570 g/mol. The standard InChI is InChI=1S/C29H36ClN5O3S/c1-19(2)34(3)22-10-12-27(20(15-22)17-39(37,38)23-7-5-4-6-8-23)35-14-13-26(29(35)36)33-28-24-16-21(30)9-11-25(24)31-18-32-28/h4-9,11,16,18-20,22,26-27H,10,12-15,17H2,1-3H3,(H,31,32,33)/t20-,22+,26?,27-/m0/s1. The van der Waals surface area contributed by atoms with Crippen LogP contribution in [0.5, 0.6) is 0 Å². The van der Waals surface area contributed by atoms with Gasteiger partial charge in [-0.2, -0.15) is 0 Å². The molecule has 0 radical (unpaired) electrons. The van der Waals surface area contributed by atoms with Crippen LogP contribution in [0, 0.1) is 5.92 Å². The number of rotatable bonds is 8. The van der Waals surface area contributed by atoms with E-state index in [-0.39, 0.29) is 29.7 Å². The maximum Gasteiger partial charge on any atom is 0.245 e. The van der Waals surface area contributed by atoms with Gasteiger partial charge in [0.25, 0.3) is 0 Å². The molecule has 0 spiro atoms. The highest BCUT2D eigenvalue weighted by Crippen LogP contribution is 2.36. The number of halogens is 1. The summed E-state index contributed by atoms with van der Waals surface area (Å²) in [6.45, 7) is 4.90. The molecule has 1 aromatic heterocycles. The molecule has 0 bridgehead atoms. The van der Waals surface area contributed by atoms with Crippen molar-refractivity contribution in [2.24, 2.45) is 5.92 Å². The Bertz CT molecular complexity index is 1440. The lowest BCUT2D eigenvalue weighted by Gasteiger charge is -2.44. The maximum atomic E-state index is 13.8. The van der Waals surface area contributed by atoms with Crippen LogP contribution in [0.2, 0.25) is 5.02 Å². The summed E-state index contributed by atoms with van der Waals surface area (Å²) in [4.78, 5) is 27.0. The summed E-state index contributed by atoms with van der Waals surface area (Å²) in [5, 5.41) is 4.67. The van der Waals surface area contributed by atoms with Crippen molar-refractivity contribution in [2.75, 3.05) is 24.7 Å². The smallest absolute Gasteiger partial charge is 0.245 e. The maximum absolute atomic E-state index is 13.8. The largest absolute Gasteiger partial charge is 0.358 e. The van der Waals surface area contributed by atoms with E-state index in [9.17, 15) is 13.2 Å². The summed E-state index contributed by atoms with van der Waals surface area (Å²) >= 11 is 6.22. The monoisotopic (exact) mass is 569 g/mol. The highest BCUT2D eigenvalue weighted by atomic mass is 35.5. The normalized spacial score (nSPS) is 24.2. The summed E-state index contributed by atoms with van der Waals surface area (Å²) in [6, 6.07) is 14.1. The summed E-state index contributed by atoms with van der Waals surface area (Å²) < 4.78 is 26.9. The molecule has 2 aromatic carbocycles. The van der Waals surface area contributed by atoms with Gasteiger partial charge in [-0.3, -0.25) is 4.79 Å². The molecule has 1 saturated heterocycles. The van der Waals surface area contributed by atoms with Gasteiger partial charge in [-0.1, -0.05) is 29.8 Å². The topological polar surface area (TPSA) is 95.5 Å². The van der Waals surface area contributed by atoms with Crippen LogP contribution in [-0.2, 0) is 14.6 Å². The molecule has 1 aliphatic heterocycles. The van der Waals surface area contributed by atoms with Crippen molar-refractivity contribution in [1.29, 1.82) is 0 Å². The number of hydrogen-bond donors (Lipinski definition) is 1. The number of sulfone groups is 1. The molecule has 8 nitrogen and oxygen atoms in total. The lowest BCUT2D eigenvalue weighted by atomic mass is 9.81. The lowest BCUT2D eigenvalue weighted by molar-refractivity contribution is -0.132. The first-order chi connectivity index (χ1) is 18.6. The second kappa shape index (κ2) is 11.4. The summed E-state index contributed by atoms with van der Waals surface area (Å²) in [5.74, 6) is 0.442. The fourth-order valence-corrected chi connectivity index (χ4v) is 7.94. The molecule has 2 fully saturated rings. The first-order valence-corrected chi connectivity index (χ1v) is 15.6. The molecule has 1 unspecified atom stereocenters. The predicted octanol–water partition coefficient (Wildman–Crippen LogP) is 4.65. The summed E-state index contributed by atoms with van der Waals surface area (Å²) in [6.07, 6.45) is 4.54. The van der Waals surface area contributed by atoms with E-state index in [2.05, 4.69) is 41.1 Å². The molecule has 39 heavy (non-hydrogen) atoms. The van der Waals surface area contributed by atoms with Crippen LogP contribution in [0.1, 0.15) is 39.5 Å². The van der Waals surface area contributed by atoms with E-state index >= 15 is 0 Å². The molecule has 2 heterocycles. The van der Waals surface area contributed by atoms with Crippen molar-refractivity contribution in [2.45, 2.75) is 68.6 Å². The second-order valence-electron chi connectivity index (χ2n) is 11.0. The van der Waals surface area contributed by atoms with Gasteiger partial charge < -0.3 is 15.1 Å². The Morgan fingerprint density at radius 2 is 1.87 bits per heavy atom. The van der Waals surface area contributed by atoms with Crippen molar-refractivity contribution >= 4 is 44.1 Å². The number of aromatic nitrogens is 2.